The fourth-order valence-electron chi connectivity index (χ4n) is 1.06. The molecule has 4 N–H and O–H groups in total. The lowest BCUT2D eigenvalue weighted by molar-refractivity contribution is 0.0675. The summed E-state index contributed by atoms with van der Waals surface area (Å²) in [5.74, 6) is -4.74. The van der Waals surface area contributed by atoms with Gasteiger partial charge in [-0.05, 0) is 0 Å². The lowest BCUT2D eigenvalue weighted by Crippen LogP contribution is -2.28. The number of carboxylic acids is 2. The van der Waals surface area contributed by atoms with E-state index < -0.39 is 33.6 Å². The summed E-state index contributed by atoms with van der Waals surface area (Å²) in [4.78, 5) is 31.6. The predicted octanol–water partition coefficient (Wildman–Crippen LogP) is -1.77. The topological polar surface area (TPSA) is 171 Å². The van der Waals surface area contributed by atoms with Gasteiger partial charge in [0.2, 0.25) is 27.6 Å². The number of nitrogens with zero attached hydrogens (tertiary/aromatic N) is 3. The van der Waals surface area contributed by atoms with Gasteiger partial charge in [-0.15, -0.1) is 0 Å². The van der Waals surface area contributed by atoms with E-state index in [1.807, 2.05) is 0 Å². The van der Waals surface area contributed by atoms with Gasteiger partial charge in [0.05, 0.1) is 6.26 Å². The number of aromatic carboxylic acids is 2. The van der Waals surface area contributed by atoms with Crippen molar-refractivity contribution in [1.82, 2.24) is 19.7 Å². The zero-order valence-corrected chi connectivity index (χ0v) is 11.0. The number of aromatic nitrogens is 3. The van der Waals surface area contributed by atoms with Crippen LogP contribution in [0.1, 0.15) is 21.2 Å². The van der Waals surface area contributed by atoms with Crippen LogP contribution in [-0.2, 0) is 10.0 Å². The van der Waals surface area contributed by atoms with E-state index in [4.69, 9.17) is 10.2 Å². The summed E-state index contributed by atoms with van der Waals surface area (Å²) in [7, 11) is -3.35. The molecule has 0 radical (unpaired) electrons. The lowest BCUT2D eigenvalue weighted by Gasteiger charge is -2.06. The Balaban J connectivity index is 2.79. The third kappa shape index (κ3) is 5.11. The Labute approximate surface area is 113 Å². The second-order valence-electron chi connectivity index (χ2n) is 3.51. The smallest absolute Gasteiger partial charge is 0.374 e. The summed E-state index contributed by atoms with van der Waals surface area (Å²) in [5, 5.41) is 19.9. The van der Waals surface area contributed by atoms with Crippen LogP contribution >= 0.6 is 0 Å². The molecule has 1 heterocycles. The van der Waals surface area contributed by atoms with E-state index in [1.165, 1.54) is 0 Å². The average molecular weight is 305 g/mol. The molecule has 0 bridgehead atoms. The molecule has 1 aromatic rings. The van der Waals surface area contributed by atoms with Crippen LogP contribution in [0.25, 0.3) is 0 Å². The van der Waals surface area contributed by atoms with E-state index in [0.29, 0.717) is 0 Å². The molecule has 0 aliphatic heterocycles. The van der Waals surface area contributed by atoms with Gasteiger partial charge in [-0.2, -0.15) is 15.0 Å². The Bertz CT molecular complexity index is 598. The van der Waals surface area contributed by atoms with E-state index in [9.17, 15) is 18.0 Å². The van der Waals surface area contributed by atoms with Crippen molar-refractivity contribution < 1.29 is 28.2 Å². The number of rotatable bonds is 7. The van der Waals surface area contributed by atoms with E-state index in [2.05, 4.69) is 25.0 Å². The number of carbonyl (C=O) groups is 2. The average Bonchev–Trinajstić information content (AvgIpc) is 2.33. The van der Waals surface area contributed by atoms with Gasteiger partial charge in [0.15, 0.2) is 0 Å². The number of sulfonamides is 1. The Morgan fingerprint density at radius 2 is 1.55 bits per heavy atom. The van der Waals surface area contributed by atoms with Gasteiger partial charge >= 0.3 is 11.9 Å². The van der Waals surface area contributed by atoms with Crippen LogP contribution in [0.5, 0.6) is 0 Å². The molecular weight excluding hydrogens is 294 g/mol. The molecule has 1 rings (SSSR count). The molecule has 0 saturated heterocycles. The van der Waals surface area contributed by atoms with Gasteiger partial charge in [-0.3, -0.25) is 0 Å². The maximum absolute atomic E-state index is 10.8. The Hall–Kier alpha value is -2.34. The molecule has 0 spiro atoms. The molecule has 0 saturated carbocycles. The van der Waals surface area contributed by atoms with Gasteiger partial charge in [-0.25, -0.2) is 22.7 Å². The van der Waals surface area contributed by atoms with Gasteiger partial charge in [0.1, 0.15) is 0 Å². The summed E-state index contributed by atoms with van der Waals surface area (Å²) in [5.41, 5.74) is 0. The fraction of sp³-hybridized carbons (Fsp3) is 0.375. The van der Waals surface area contributed by atoms with Crippen molar-refractivity contribution in [2.24, 2.45) is 0 Å². The quantitative estimate of drug-likeness (QED) is 0.422. The second kappa shape index (κ2) is 6.21. The van der Waals surface area contributed by atoms with E-state index >= 15 is 0 Å². The second-order valence-corrected chi connectivity index (χ2v) is 5.34. The molecule has 0 atom stereocenters. The first-order valence-corrected chi connectivity index (χ1v) is 6.99. The van der Waals surface area contributed by atoms with Gasteiger partial charge in [-0.1, -0.05) is 0 Å². The summed E-state index contributed by atoms with van der Waals surface area (Å²) in [6, 6.07) is 0. The lowest BCUT2D eigenvalue weighted by atomic mass is 10.5. The molecule has 0 aliphatic rings. The highest BCUT2D eigenvalue weighted by Crippen LogP contribution is 2.01. The Morgan fingerprint density at radius 3 is 1.95 bits per heavy atom. The van der Waals surface area contributed by atoms with E-state index in [0.717, 1.165) is 6.26 Å². The first-order chi connectivity index (χ1) is 9.19. The highest BCUT2D eigenvalue weighted by Gasteiger charge is 2.16. The fourth-order valence-corrected chi connectivity index (χ4v) is 1.53. The van der Waals surface area contributed by atoms with Crippen molar-refractivity contribution in [3.05, 3.63) is 11.6 Å². The minimum absolute atomic E-state index is 0.00464. The SMILES string of the molecule is CS(=O)(=O)NCCNc1nc(C(=O)O)nc(C(=O)O)n1. The van der Waals surface area contributed by atoms with Crippen molar-refractivity contribution in [2.45, 2.75) is 0 Å². The normalized spacial score (nSPS) is 11.1. The minimum Gasteiger partial charge on any atom is -0.475 e. The standard InChI is InChI=1S/C8H11N5O6S/c1-20(18,19)10-3-2-9-8-12-4(6(14)15)11-5(13-8)7(16)17/h10H,2-3H2,1H3,(H,14,15)(H,16,17)(H,9,11,12,13). The summed E-state index contributed by atoms with van der Waals surface area (Å²) < 4.78 is 23.8. The Morgan fingerprint density at radius 1 is 1.05 bits per heavy atom. The zero-order valence-electron chi connectivity index (χ0n) is 10.2. The van der Waals surface area contributed by atoms with Gasteiger partial charge in [0, 0.05) is 13.1 Å². The van der Waals surface area contributed by atoms with Crippen LogP contribution in [0.15, 0.2) is 0 Å². The molecule has 110 valence electrons. The number of hydrogen-bond acceptors (Lipinski definition) is 8. The van der Waals surface area contributed by atoms with Crippen molar-refractivity contribution in [3.63, 3.8) is 0 Å². The Kier molecular flexibility index (Phi) is 4.88. The molecular formula is C8H11N5O6S. The highest BCUT2D eigenvalue weighted by molar-refractivity contribution is 7.88. The minimum atomic E-state index is -3.35. The van der Waals surface area contributed by atoms with Crippen LogP contribution < -0.4 is 10.0 Å². The first kappa shape index (κ1) is 15.7. The van der Waals surface area contributed by atoms with E-state index in [-0.39, 0.29) is 19.0 Å². The predicted molar refractivity (Wildman–Crippen MR) is 65.1 cm³/mol. The van der Waals surface area contributed by atoms with Crippen LogP contribution in [0.2, 0.25) is 0 Å². The molecule has 0 aromatic carbocycles. The molecule has 0 amide bonds. The number of hydrogen-bond donors (Lipinski definition) is 4. The van der Waals surface area contributed by atoms with Gasteiger partial charge in [0.25, 0.3) is 0 Å². The molecule has 11 nitrogen and oxygen atoms in total. The van der Waals surface area contributed by atoms with Crippen LogP contribution in [0, 0.1) is 0 Å². The molecule has 0 aliphatic carbocycles. The first-order valence-electron chi connectivity index (χ1n) is 5.10. The molecule has 12 heteroatoms. The number of nitrogens with one attached hydrogen (secondary N) is 2. The number of carboxylic acid groups (broad SMARTS) is 2. The van der Waals surface area contributed by atoms with Crippen LogP contribution in [-0.4, -0.2) is 64.9 Å². The molecule has 1 aromatic heterocycles. The van der Waals surface area contributed by atoms with E-state index in [1.54, 1.807) is 0 Å². The largest absolute Gasteiger partial charge is 0.475 e. The van der Waals surface area contributed by atoms with Crippen molar-refractivity contribution >= 4 is 27.9 Å². The third-order valence-electron chi connectivity index (χ3n) is 1.79. The maximum atomic E-state index is 10.8. The number of anilines is 1. The molecule has 0 fully saturated rings. The summed E-state index contributed by atoms with van der Waals surface area (Å²) in [6.07, 6.45) is 0.973. The molecule has 20 heavy (non-hydrogen) atoms. The zero-order chi connectivity index (χ0) is 15.3. The van der Waals surface area contributed by atoms with Crippen molar-refractivity contribution in [2.75, 3.05) is 24.7 Å². The van der Waals surface area contributed by atoms with Crippen molar-refractivity contribution in [3.8, 4) is 0 Å². The maximum Gasteiger partial charge on any atom is 0.374 e. The van der Waals surface area contributed by atoms with Crippen LogP contribution in [0.3, 0.4) is 0 Å². The monoisotopic (exact) mass is 305 g/mol. The highest BCUT2D eigenvalue weighted by atomic mass is 32.2. The third-order valence-corrected chi connectivity index (χ3v) is 2.52. The summed E-state index contributed by atoms with van der Waals surface area (Å²) in [6.45, 7) is 0.0323. The van der Waals surface area contributed by atoms with Crippen molar-refractivity contribution in [1.29, 1.82) is 0 Å². The molecule has 0 unspecified atom stereocenters. The summed E-state index contributed by atoms with van der Waals surface area (Å²) >= 11 is 0. The van der Waals surface area contributed by atoms with Gasteiger partial charge < -0.3 is 15.5 Å². The van der Waals surface area contributed by atoms with Crippen LogP contribution in [0.4, 0.5) is 5.95 Å².